The lowest BCUT2D eigenvalue weighted by atomic mass is 10.2. The van der Waals surface area contributed by atoms with E-state index in [1.54, 1.807) is 0 Å². The minimum Gasteiger partial charge on any atom is -0.319 e. The minimum atomic E-state index is -0.128. The first-order chi connectivity index (χ1) is 12.2. The monoisotopic (exact) mass is 345 g/mol. The van der Waals surface area contributed by atoms with E-state index in [0.717, 1.165) is 39.1 Å². The molecule has 7 heteroatoms. The molecule has 3 saturated heterocycles. The Morgan fingerprint density at radius 1 is 1.20 bits per heavy atom. The van der Waals surface area contributed by atoms with Gasteiger partial charge in [0.05, 0.1) is 12.7 Å². The third-order valence-electron chi connectivity index (χ3n) is 5.27. The normalized spacial score (nSPS) is 30.6. The van der Waals surface area contributed by atoms with Crippen LogP contribution in [-0.4, -0.2) is 71.9 Å². The van der Waals surface area contributed by atoms with Crippen LogP contribution in [0.4, 0.5) is 4.79 Å². The summed E-state index contributed by atoms with van der Waals surface area (Å²) in [5.41, 5.74) is 4.22. The van der Waals surface area contributed by atoms with Crippen LogP contribution >= 0.6 is 0 Å². The van der Waals surface area contributed by atoms with Gasteiger partial charge in [-0.1, -0.05) is 30.3 Å². The number of hydrogen-bond acceptors (Lipinski definition) is 5. The van der Waals surface area contributed by atoms with Gasteiger partial charge in [-0.15, -0.1) is 0 Å². The number of carbonyl (C=O) groups excluding carboxylic acids is 1. The number of hydroxylamine groups is 1. The van der Waals surface area contributed by atoms with Crippen LogP contribution in [0.3, 0.4) is 0 Å². The van der Waals surface area contributed by atoms with Crippen LogP contribution in [-0.2, 0) is 11.4 Å². The molecular weight excluding hydrogens is 318 g/mol. The second-order valence-electron chi connectivity index (χ2n) is 7.20. The Labute approximate surface area is 148 Å². The van der Waals surface area contributed by atoms with Gasteiger partial charge in [-0.05, 0) is 18.9 Å². The van der Waals surface area contributed by atoms with Crippen molar-refractivity contribution in [2.24, 2.45) is 0 Å². The number of likely N-dealkylation sites (tertiary alicyclic amines) is 1. The summed E-state index contributed by atoms with van der Waals surface area (Å²) in [4.78, 5) is 24.6. The highest BCUT2D eigenvalue weighted by molar-refractivity contribution is 5.77. The molecule has 0 spiro atoms. The molecule has 2 N–H and O–H groups in total. The summed E-state index contributed by atoms with van der Waals surface area (Å²) in [6.07, 6.45) is 1.06. The summed E-state index contributed by atoms with van der Waals surface area (Å²) < 4.78 is 0. The molecule has 136 valence electrons. The zero-order chi connectivity index (χ0) is 17.2. The predicted molar refractivity (Wildman–Crippen MR) is 94.4 cm³/mol. The molecule has 1 aromatic rings. The lowest BCUT2D eigenvalue weighted by Crippen LogP contribution is -2.44. The Hall–Kier alpha value is -1.67. The molecule has 3 unspecified atom stereocenters. The molecule has 4 rings (SSSR count). The fourth-order valence-corrected chi connectivity index (χ4v) is 3.98. The Morgan fingerprint density at radius 3 is 2.80 bits per heavy atom. The van der Waals surface area contributed by atoms with E-state index in [0.29, 0.717) is 12.6 Å². The largest absolute Gasteiger partial charge is 0.320 e. The maximum atomic E-state index is 12.8. The molecule has 0 saturated carbocycles. The smallest absolute Gasteiger partial charge is 0.319 e. The number of hydrogen-bond donors (Lipinski definition) is 2. The van der Waals surface area contributed by atoms with Crippen molar-refractivity contribution in [2.75, 3.05) is 32.7 Å². The van der Waals surface area contributed by atoms with E-state index in [4.69, 9.17) is 4.84 Å². The van der Waals surface area contributed by atoms with Crippen molar-refractivity contribution in [3.8, 4) is 0 Å². The number of rotatable bonds is 5. The molecule has 3 aliphatic heterocycles. The van der Waals surface area contributed by atoms with E-state index in [2.05, 4.69) is 44.9 Å². The second kappa shape index (κ2) is 7.29. The van der Waals surface area contributed by atoms with Gasteiger partial charge in [-0.2, -0.15) is 5.48 Å². The Kier molecular flexibility index (Phi) is 4.89. The van der Waals surface area contributed by atoms with E-state index in [9.17, 15) is 4.79 Å². The first-order valence-corrected chi connectivity index (χ1v) is 9.18. The molecule has 25 heavy (non-hydrogen) atoms. The summed E-state index contributed by atoms with van der Waals surface area (Å²) >= 11 is 0. The molecule has 0 radical (unpaired) electrons. The standard InChI is InChI=1S/C18H27N5O2/c1-14-19-17(25-20-14)13-22-9-10-23(18(22)24)16-7-8-21(12-16)11-15-5-3-2-4-6-15/h2-6,14,16-17,19-20H,7-13H2,1H3. The van der Waals surface area contributed by atoms with Crippen LogP contribution in [0.25, 0.3) is 0 Å². The van der Waals surface area contributed by atoms with Gasteiger partial charge in [-0.25, -0.2) is 4.79 Å². The van der Waals surface area contributed by atoms with Crippen LogP contribution in [0.15, 0.2) is 30.3 Å². The van der Waals surface area contributed by atoms with Gasteiger partial charge in [0.15, 0.2) is 0 Å². The third-order valence-corrected chi connectivity index (χ3v) is 5.27. The molecule has 0 bridgehead atoms. The molecule has 1 aromatic carbocycles. The van der Waals surface area contributed by atoms with Gasteiger partial charge in [0.2, 0.25) is 0 Å². The lowest BCUT2D eigenvalue weighted by molar-refractivity contribution is 0.0111. The van der Waals surface area contributed by atoms with Crippen molar-refractivity contribution >= 4 is 6.03 Å². The number of nitrogens with zero attached hydrogens (tertiary/aromatic N) is 3. The van der Waals surface area contributed by atoms with Crippen LogP contribution < -0.4 is 10.8 Å². The van der Waals surface area contributed by atoms with Gasteiger partial charge >= 0.3 is 6.03 Å². The Balaban J connectivity index is 1.29. The fourth-order valence-electron chi connectivity index (χ4n) is 3.98. The quantitative estimate of drug-likeness (QED) is 0.827. The molecule has 3 aliphatic rings. The van der Waals surface area contributed by atoms with E-state index < -0.39 is 0 Å². The van der Waals surface area contributed by atoms with Crippen molar-refractivity contribution in [2.45, 2.75) is 38.3 Å². The molecule has 3 heterocycles. The summed E-state index contributed by atoms with van der Waals surface area (Å²) in [6.45, 7) is 7.17. The molecule has 0 aromatic heterocycles. The highest BCUT2D eigenvalue weighted by Crippen LogP contribution is 2.22. The van der Waals surface area contributed by atoms with Crippen molar-refractivity contribution in [3.63, 3.8) is 0 Å². The third kappa shape index (κ3) is 3.79. The minimum absolute atomic E-state index is 0.125. The van der Waals surface area contributed by atoms with Gasteiger partial charge in [-0.3, -0.25) is 15.1 Å². The molecule has 3 atom stereocenters. The maximum Gasteiger partial charge on any atom is 0.320 e. The first-order valence-electron chi connectivity index (χ1n) is 9.18. The van der Waals surface area contributed by atoms with Crippen molar-refractivity contribution in [3.05, 3.63) is 35.9 Å². The van der Waals surface area contributed by atoms with Crippen LogP contribution in [0.1, 0.15) is 18.9 Å². The molecule has 3 fully saturated rings. The second-order valence-corrected chi connectivity index (χ2v) is 7.20. The first kappa shape index (κ1) is 16.8. The van der Waals surface area contributed by atoms with Crippen LogP contribution in [0, 0.1) is 0 Å². The van der Waals surface area contributed by atoms with Crippen LogP contribution in [0.5, 0.6) is 0 Å². The van der Waals surface area contributed by atoms with Crippen molar-refractivity contribution in [1.29, 1.82) is 0 Å². The number of urea groups is 1. The fraction of sp³-hybridized carbons (Fsp3) is 0.611. The van der Waals surface area contributed by atoms with Crippen LogP contribution in [0.2, 0.25) is 0 Å². The molecular formula is C18H27N5O2. The maximum absolute atomic E-state index is 12.8. The summed E-state index contributed by atoms with van der Waals surface area (Å²) in [5, 5.41) is 3.27. The average Bonchev–Trinajstić information content (AvgIpc) is 3.31. The number of nitrogens with one attached hydrogen (secondary N) is 2. The van der Waals surface area contributed by atoms with Gasteiger partial charge in [0.1, 0.15) is 6.23 Å². The van der Waals surface area contributed by atoms with Crippen molar-refractivity contribution in [1.82, 2.24) is 25.5 Å². The topological polar surface area (TPSA) is 60.1 Å². The highest BCUT2D eigenvalue weighted by atomic mass is 16.7. The zero-order valence-electron chi connectivity index (χ0n) is 14.7. The lowest BCUT2D eigenvalue weighted by Gasteiger charge is -2.25. The number of benzene rings is 1. The zero-order valence-corrected chi connectivity index (χ0v) is 14.7. The number of amides is 2. The summed E-state index contributed by atoms with van der Waals surface area (Å²) in [7, 11) is 0. The molecule has 0 aliphatic carbocycles. The van der Waals surface area contributed by atoms with Gasteiger partial charge in [0.25, 0.3) is 0 Å². The Bertz CT molecular complexity index is 598. The Morgan fingerprint density at radius 2 is 2.04 bits per heavy atom. The molecule has 7 nitrogen and oxygen atoms in total. The number of carbonyl (C=O) groups is 1. The summed E-state index contributed by atoms with van der Waals surface area (Å²) in [5.74, 6) is 0. The summed E-state index contributed by atoms with van der Waals surface area (Å²) in [6, 6.07) is 11.0. The van der Waals surface area contributed by atoms with E-state index in [1.807, 2.05) is 17.9 Å². The highest BCUT2D eigenvalue weighted by Gasteiger charge is 2.38. The molecule has 2 amide bonds. The SMILES string of the molecule is CC1NOC(CN2CCN(C3CCN(Cc4ccccc4)C3)C2=O)N1. The van der Waals surface area contributed by atoms with E-state index in [-0.39, 0.29) is 18.4 Å². The van der Waals surface area contributed by atoms with E-state index in [1.165, 1.54) is 5.56 Å². The van der Waals surface area contributed by atoms with Gasteiger partial charge in [0, 0.05) is 38.8 Å². The van der Waals surface area contributed by atoms with E-state index >= 15 is 0 Å². The predicted octanol–water partition coefficient (Wildman–Crippen LogP) is 0.795. The average molecular weight is 345 g/mol. The van der Waals surface area contributed by atoms with Crippen molar-refractivity contribution < 1.29 is 9.63 Å². The van der Waals surface area contributed by atoms with Gasteiger partial charge < -0.3 is 9.80 Å².